The molecule has 0 bridgehead atoms. The lowest BCUT2D eigenvalue weighted by atomic mass is 9.92. The minimum absolute atomic E-state index is 0.543. The summed E-state index contributed by atoms with van der Waals surface area (Å²) in [5.74, 6) is 1.68. The van der Waals surface area contributed by atoms with Crippen molar-refractivity contribution < 1.29 is 4.42 Å². The third-order valence-electron chi connectivity index (χ3n) is 12.9. The van der Waals surface area contributed by atoms with Crippen LogP contribution in [0.5, 0.6) is 0 Å². The molecule has 68 heavy (non-hydrogen) atoms. The van der Waals surface area contributed by atoms with Gasteiger partial charge in [0.05, 0.1) is 16.7 Å². The second-order valence-corrected chi connectivity index (χ2v) is 17.0. The number of rotatable bonds is 8. The molecule has 0 saturated carbocycles. The fraction of sp³-hybridized carbons (Fsp3) is 0. The van der Waals surface area contributed by atoms with Crippen molar-refractivity contribution in [3.05, 3.63) is 237 Å². The Morgan fingerprint density at radius 1 is 0.309 bits per heavy atom. The zero-order valence-corrected chi connectivity index (χ0v) is 36.7. The monoisotopic (exact) mass is 869 g/mol. The summed E-state index contributed by atoms with van der Waals surface area (Å²) in [4.78, 5) is 20.2. The molecule has 0 amide bonds. The molecule has 9 aromatic carbocycles. The van der Waals surface area contributed by atoms with E-state index in [0.29, 0.717) is 23.2 Å². The van der Waals surface area contributed by atoms with Crippen LogP contribution in [-0.4, -0.2) is 24.5 Å². The Morgan fingerprint density at radius 3 is 1.29 bits per heavy atom. The summed E-state index contributed by atoms with van der Waals surface area (Å²) in [6, 6.07) is 81.1. The van der Waals surface area contributed by atoms with E-state index in [0.717, 1.165) is 72.0 Å². The lowest BCUT2D eigenvalue weighted by molar-refractivity contribution is 0.654. The molecule has 0 aliphatic rings. The van der Waals surface area contributed by atoms with E-state index in [1.807, 2.05) is 48.5 Å². The maximum Gasteiger partial charge on any atom is 0.227 e. The van der Waals surface area contributed by atoms with E-state index >= 15 is 0 Å². The summed E-state index contributed by atoms with van der Waals surface area (Å²) in [6.07, 6.45) is 1.75. The van der Waals surface area contributed by atoms with E-state index < -0.39 is 0 Å². The normalized spacial score (nSPS) is 11.5. The molecule has 6 heteroatoms. The van der Waals surface area contributed by atoms with Gasteiger partial charge in [0.15, 0.2) is 17.5 Å². The van der Waals surface area contributed by atoms with Gasteiger partial charge >= 0.3 is 0 Å². The highest BCUT2D eigenvalue weighted by Crippen LogP contribution is 2.45. The summed E-state index contributed by atoms with van der Waals surface area (Å²) >= 11 is 0. The van der Waals surface area contributed by atoms with Crippen LogP contribution in [0.3, 0.4) is 0 Å². The molecule has 0 unspecified atom stereocenters. The van der Waals surface area contributed by atoms with Crippen molar-refractivity contribution in [3.8, 4) is 84.4 Å². The summed E-state index contributed by atoms with van der Waals surface area (Å²) in [6.45, 7) is 0. The summed E-state index contributed by atoms with van der Waals surface area (Å²) in [7, 11) is 0. The van der Waals surface area contributed by atoms with E-state index in [1.54, 1.807) is 6.20 Å². The Morgan fingerprint density at radius 2 is 0.765 bits per heavy atom. The maximum atomic E-state index is 6.26. The van der Waals surface area contributed by atoms with Gasteiger partial charge in [-0.05, 0) is 94.0 Å². The molecule has 0 atom stereocenters. The highest BCUT2D eigenvalue weighted by atomic mass is 16.3. The van der Waals surface area contributed by atoms with E-state index in [2.05, 4.69) is 192 Å². The van der Waals surface area contributed by atoms with Crippen LogP contribution in [0.15, 0.2) is 241 Å². The fourth-order valence-electron chi connectivity index (χ4n) is 9.66. The first-order valence-corrected chi connectivity index (χ1v) is 22.8. The summed E-state index contributed by atoms with van der Waals surface area (Å²) in [5.41, 5.74) is 16.1. The van der Waals surface area contributed by atoms with Crippen molar-refractivity contribution in [2.45, 2.75) is 0 Å². The van der Waals surface area contributed by atoms with E-state index in [4.69, 9.17) is 19.4 Å². The van der Waals surface area contributed by atoms with Crippen LogP contribution in [0.25, 0.3) is 128 Å². The third kappa shape index (κ3) is 6.82. The molecule has 6 nitrogen and oxygen atoms in total. The number of hydrogen-bond donors (Lipinski definition) is 0. The molecule has 318 valence electrons. The third-order valence-corrected chi connectivity index (χ3v) is 12.9. The molecule has 4 aromatic heterocycles. The van der Waals surface area contributed by atoms with Gasteiger partial charge in [-0.3, -0.25) is 0 Å². The Kier molecular flexibility index (Phi) is 9.39. The Bertz CT molecular complexity index is 3840. The second-order valence-electron chi connectivity index (χ2n) is 17.0. The van der Waals surface area contributed by atoms with Crippen molar-refractivity contribution in [1.29, 1.82) is 0 Å². The van der Waals surface area contributed by atoms with E-state index in [1.165, 1.54) is 33.0 Å². The van der Waals surface area contributed by atoms with Crippen molar-refractivity contribution in [2.24, 2.45) is 0 Å². The van der Waals surface area contributed by atoms with Gasteiger partial charge in [-0.25, -0.2) is 19.9 Å². The lowest BCUT2D eigenvalue weighted by Gasteiger charge is -2.21. The van der Waals surface area contributed by atoms with Gasteiger partial charge in [-0.2, -0.15) is 0 Å². The molecule has 0 N–H and O–H groups in total. The van der Waals surface area contributed by atoms with Crippen molar-refractivity contribution in [1.82, 2.24) is 24.5 Å². The van der Waals surface area contributed by atoms with Gasteiger partial charge in [0.25, 0.3) is 0 Å². The summed E-state index contributed by atoms with van der Waals surface area (Å²) < 4.78 is 8.72. The van der Waals surface area contributed by atoms with E-state index in [9.17, 15) is 0 Å². The summed E-state index contributed by atoms with van der Waals surface area (Å²) in [5, 5.41) is 4.30. The molecule has 13 aromatic rings. The first-order valence-electron chi connectivity index (χ1n) is 22.8. The number of pyridine rings is 1. The molecule has 0 saturated heterocycles. The molecule has 4 heterocycles. The van der Waals surface area contributed by atoms with Gasteiger partial charge < -0.3 is 8.98 Å². The van der Waals surface area contributed by atoms with E-state index in [-0.39, 0.29) is 0 Å². The quantitative estimate of drug-likeness (QED) is 0.152. The highest BCUT2D eigenvalue weighted by Gasteiger charge is 2.24. The zero-order valence-electron chi connectivity index (χ0n) is 36.7. The molecule has 13 rings (SSSR count). The number of hydrogen-bond acceptors (Lipinski definition) is 5. The SMILES string of the molecule is c1ccc(-c2ccc3c(c2)c2cc(-c4ccccc4)ccc2n3-c2c(-c3ccccc3)cc(-c3nc(-c4ccccc4)nc(-c4ccc5c(c4)oc4ncccc45)n3)cc2-c2ccccc2)cc1. The smallest absolute Gasteiger partial charge is 0.227 e. The van der Waals surface area contributed by atoms with Crippen LogP contribution in [0, 0.1) is 0 Å². The first-order chi connectivity index (χ1) is 33.7. The average molecular weight is 870 g/mol. The minimum atomic E-state index is 0.543. The van der Waals surface area contributed by atoms with Crippen molar-refractivity contribution >= 4 is 43.9 Å². The Labute approximate surface area is 392 Å². The molecule has 0 aliphatic carbocycles. The topological polar surface area (TPSA) is 69.6 Å². The maximum absolute atomic E-state index is 6.26. The van der Waals surface area contributed by atoms with Gasteiger partial charge in [-0.1, -0.05) is 170 Å². The van der Waals surface area contributed by atoms with Crippen LogP contribution in [0.1, 0.15) is 0 Å². The number of benzene rings is 9. The predicted octanol–water partition coefficient (Wildman–Crippen LogP) is 15.9. The van der Waals surface area contributed by atoms with Crippen LogP contribution in [0.2, 0.25) is 0 Å². The lowest BCUT2D eigenvalue weighted by Crippen LogP contribution is -2.04. The number of aromatic nitrogens is 5. The predicted molar refractivity (Wildman–Crippen MR) is 277 cm³/mol. The average Bonchev–Trinajstić information content (AvgIpc) is 3.96. The van der Waals surface area contributed by atoms with Crippen molar-refractivity contribution in [2.75, 3.05) is 0 Å². The molecule has 0 spiro atoms. The van der Waals surface area contributed by atoms with Gasteiger partial charge in [-0.15, -0.1) is 0 Å². The van der Waals surface area contributed by atoms with Gasteiger partial charge in [0, 0.05) is 55.6 Å². The van der Waals surface area contributed by atoms with Gasteiger partial charge in [0.1, 0.15) is 5.58 Å². The number of furan rings is 1. The largest absolute Gasteiger partial charge is 0.438 e. The minimum Gasteiger partial charge on any atom is -0.438 e. The first kappa shape index (κ1) is 39.1. The second kappa shape index (κ2) is 16.3. The van der Waals surface area contributed by atoms with Crippen molar-refractivity contribution in [3.63, 3.8) is 0 Å². The molecule has 0 fully saturated rings. The Balaban J connectivity index is 1.10. The highest BCUT2D eigenvalue weighted by molar-refractivity contribution is 6.13. The zero-order chi connectivity index (χ0) is 45.0. The fourth-order valence-corrected chi connectivity index (χ4v) is 9.66. The van der Waals surface area contributed by atoms with Crippen LogP contribution < -0.4 is 0 Å². The van der Waals surface area contributed by atoms with Crippen LogP contribution in [0.4, 0.5) is 0 Å². The molecular formula is C62H39N5O. The Hall–Kier alpha value is -9.26. The number of fused-ring (bicyclic) bond motifs is 6. The van der Waals surface area contributed by atoms with Gasteiger partial charge in [0.2, 0.25) is 5.71 Å². The van der Waals surface area contributed by atoms with Crippen LogP contribution >= 0.6 is 0 Å². The molecule has 0 radical (unpaired) electrons. The molecular weight excluding hydrogens is 831 g/mol. The number of nitrogens with zero attached hydrogens (tertiary/aromatic N) is 5. The van der Waals surface area contributed by atoms with Crippen LogP contribution in [-0.2, 0) is 0 Å². The standard InChI is InChI=1S/C62H39N5O/c1-6-17-40(18-7-1)45-29-32-55-53(35-45)54-36-46(41-19-8-2-9-20-41)30-33-56(54)67(55)58-51(42-21-10-3-11-22-42)37-48(38-52(58)43-23-12-4-13-24-43)61-65-59(44-25-14-5-15-26-44)64-60(66-61)47-28-31-49-50-27-16-34-63-62(50)68-57(49)39-47/h1-39H. The molecule has 0 aliphatic heterocycles.